The lowest BCUT2D eigenvalue weighted by Crippen LogP contribution is -2.44. The van der Waals surface area contributed by atoms with Crippen LogP contribution in [0.25, 0.3) is 0 Å². The first kappa shape index (κ1) is 14.3. The summed E-state index contributed by atoms with van der Waals surface area (Å²) >= 11 is 0. The Kier molecular flexibility index (Phi) is 4.17. The van der Waals surface area contributed by atoms with Crippen LogP contribution in [0, 0.1) is 0 Å². The molecule has 3 heterocycles. The van der Waals surface area contributed by atoms with E-state index in [-0.39, 0.29) is 17.8 Å². The quantitative estimate of drug-likeness (QED) is 0.837. The summed E-state index contributed by atoms with van der Waals surface area (Å²) < 4.78 is 15.9. The summed E-state index contributed by atoms with van der Waals surface area (Å²) in [5.74, 6) is 0.722. The molecule has 1 aliphatic heterocycles. The first-order chi connectivity index (χ1) is 10.8. The highest BCUT2D eigenvalue weighted by atomic mass is 16.5. The molecule has 1 amide bonds. The van der Waals surface area contributed by atoms with Crippen molar-refractivity contribution in [1.82, 2.24) is 20.0 Å². The molecule has 22 heavy (non-hydrogen) atoms. The van der Waals surface area contributed by atoms with Gasteiger partial charge in [0.15, 0.2) is 0 Å². The molecule has 0 unspecified atom stereocenters. The molecule has 0 spiro atoms. The van der Waals surface area contributed by atoms with Crippen LogP contribution in [0.1, 0.15) is 23.4 Å². The molecule has 0 aliphatic carbocycles. The van der Waals surface area contributed by atoms with E-state index in [1.165, 1.54) is 25.7 Å². The predicted molar refractivity (Wildman–Crippen MR) is 74.6 cm³/mol. The zero-order valence-electron chi connectivity index (χ0n) is 12.1. The number of likely N-dealkylation sites (tertiary alicyclic amines) is 1. The van der Waals surface area contributed by atoms with E-state index in [1.807, 2.05) is 0 Å². The van der Waals surface area contributed by atoms with Crippen molar-refractivity contribution in [3.8, 4) is 11.8 Å². The van der Waals surface area contributed by atoms with E-state index in [4.69, 9.17) is 14.0 Å². The minimum atomic E-state index is -0.183. The third-order valence-corrected chi connectivity index (χ3v) is 3.42. The van der Waals surface area contributed by atoms with Gasteiger partial charge in [0.2, 0.25) is 5.76 Å². The van der Waals surface area contributed by atoms with Gasteiger partial charge in [0, 0.05) is 25.0 Å². The van der Waals surface area contributed by atoms with Crippen LogP contribution in [0.15, 0.2) is 29.2 Å². The Balaban J connectivity index is 1.67. The molecule has 0 saturated carbocycles. The summed E-state index contributed by atoms with van der Waals surface area (Å²) in [4.78, 5) is 22.1. The first-order valence-electron chi connectivity index (χ1n) is 6.99. The predicted octanol–water partition coefficient (Wildman–Crippen LogP) is 1.16. The van der Waals surface area contributed by atoms with Gasteiger partial charge < -0.3 is 18.9 Å². The fourth-order valence-electron chi connectivity index (χ4n) is 2.39. The highest BCUT2D eigenvalue weighted by molar-refractivity contribution is 5.91. The third-order valence-electron chi connectivity index (χ3n) is 3.42. The molecular formula is C14H16N4O4. The van der Waals surface area contributed by atoms with Crippen LogP contribution >= 0.6 is 0 Å². The molecule has 116 valence electrons. The number of methoxy groups -OCH3 is 1. The van der Waals surface area contributed by atoms with Gasteiger partial charge in [-0.3, -0.25) is 4.79 Å². The summed E-state index contributed by atoms with van der Waals surface area (Å²) in [7, 11) is 1.51. The van der Waals surface area contributed by atoms with Gasteiger partial charge in [0.1, 0.15) is 6.10 Å². The second-order valence-electron chi connectivity index (χ2n) is 4.88. The fraction of sp³-hybridized carbons (Fsp3) is 0.429. The van der Waals surface area contributed by atoms with Crippen molar-refractivity contribution in [2.24, 2.45) is 0 Å². The summed E-state index contributed by atoms with van der Waals surface area (Å²) in [6, 6.07) is 1.55. The molecule has 8 nitrogen and oxygen atoms in total. The second kappa shape index (κ2) is 6.42. The molecule has 1 aliphatic rings. The van der Waals surface area contributed by atoms with Gasteiger partial charge in [-0.05, 0) is 12.8 Å². The van der Waals surface area contributed by atoms with E-state index >= 15 is 0 Å². The van der Waals surface area contributed by atoms with Crippen LogP contribution in [0.5, 0.6) is 11.8 Å². The van der Waals surface area contributed by atoms with Crippen molar-refractivity contribution in [1.29, 1.82) is 0 Å². The number of ether oxygens (including phenoxy) is 2. The van der Waals surface area contributed by atoms with E-state index in [0.29, 0.717) is 24.8 Å². The molecule has 1 fully saturated rings. The Hall–Kier alpha value is -2.64. The minimum Gasteiger partial charge on any atom is -0.477 e. The lowest BCUT2D eigenvalue weighted by atomic mass is 10.1. The van der Waals surface area contributed by atoms with Crippen molar-refractivity contribution < 1.29 is 18.8 Å². The van der Waals surface area contributed by atoms with E-state index < -0.39 is 0 Å². The molecule has 0 aromatic carbocycles. The van der Waals surface area contributed by atoms with Crippen LogP contribution in [0.4, 0.5) is 0 Å². The molecule has 2 aromatic rings. The number of amides is 1. The van der Waals surface area contributed by atoms with Gasteiger partial charge in [-0.2, -0.15) is 0 Å². The third kappa shape index (κ3) is 3.00. The molecule has 0 radical (unpaired) electrons. The molecular weight excluding hydrogens is 288 g/mol. The van der Waals surface area contributed by atoms with Gasteiger partial charge in [0.25, 0.3) is 17.7 Å². The number of hydrogen-bond donors (Lipinski definition) is 0. The van der Waals surface area contributed by atoms with E-state index in [0.717, 1.165) is 12.8 Å². The van der Waals surface area contributed by atoms with Crippen LogP contribution < -0.4 is 9.47 Å². The smallest absolute Gasteiger partial charge is 0.292 e. The second-order valence-corrected chi connectivity index (χ2v) is 4.88. The van der Waals surface area contributed by atoms with Crippen molar-refractivity contribution in [2.75, 3.05) is 20.2 Å². The van der Waals surface area contributed by atoms with Crippen LogP contribution in [0.3, 0.4) is 0 Å². The maximum absolute atomic E-state index is 12.3. The average molecular weight is 304 g/mol. The van der Waals surface area contributed by atoms with Crippen molar-refractivity contribution >= 4 is 5.91 Å². The highest BCUT2D eigenvalue weighted by Crippen LogP contribution is 2.24. The number of carbonyl (C=O) groups excluding carboxylic acids is 1. The Labute approximate surface area is 127 Å². The number of aromatic nitrogens is 3. The molecule has 0 N–H and O–H groups in total. The minimum absolute atomic E-state index is 0.161. The number of piperidine rings is 1. The van der Waals surface area contributed by atoms with Crippen molar-refractivity contribution in [3.63, 3.8) is 0 Å². The molecule has 0 bridgehead atoms. The van der Waals surface area contributed by atoms with E-state index in [2.05, 4.69) is 15.1 Å². The van der Waals surface area contributed by atoms with Crippen LogP contribution in [-0.4, -0.2) is 52.2 Å². The van der Waals surface area contributed by atoms with Crippen LogP contribution in [0.2, 0.25) is 0 Å². The summed E-state index contributed by atoms with van der Waals surface area (Å²) in [5.41, 5.74) is 0. The Morgan fingerprint density at radius 2 is 2.14 bits per heavy atom. The van der Waals surface area contributed by atoms with E-state index in [9.17, 15) is 4.79 Å². The summed E-state index contributed by atoms with van der Waals surface area (Å²) in [6.45, 7) is 1.12. The zero-order chi connectivity index (χ0) is 15.4. The standard InChI is InChI=1S/C14H16N4O4/c1-20-12-13(16-7-6-15-12)21-10-3-2-8-18(9-10)14(19)11-4-5-17-22-11/h4-7,10H,2-3,8-9H2,1H3/t10-/m0/s1. The van der Waals surface area contributed by atoms with Crippen molar-refractivity contribution in [3.05, 3.63) is 30.4 Å². The first-order valence-corrected chi connectivity index (χ1v) is 6.99. The summed E-state index contributed by atoms with van der Waals surface area (Å²) in [5, 5.41) is 3.56. The Bertz CT molecular complexity index is 632. The monoisotopic (exact) mass is 304 g/mol. The molecule has 8 heteroatoms. The normalized spacial score (nSPS) is 18.0. The number of hydrogen-bond acceptors (Lipinski definition) is 7. The Morgan fingerprint density at radius 3 is 2.86 bits per heavy atom. The largest absolute Gasteiger partial charge is 0.477 e. The maximum atomic E-state index is 12.3. The molecule has 2 aromatic heterocycles. The SMILES string of the molecule is COc1nccnc1O[C@H]1CCCN(C(=O)c2ccno2)C1. The van der Waals surface area contributed by atoms with E-state index in [1.54, 1.807) is 11.0 Å². The lowest BCUT2D eigenvalue weighted by molar-refractivity contribution is 0.0484. The zero-order valence-corrected chi connectivity index (χ0v) is 12.1. The molecule has 3 rings (SSSR count). The topological polar surface area (TPSA) is 90.6 Å². The molecule has 1 saturated heterocycles. The number of carbonyl (C=O) groups is 1. The van der Waals surface area contributed by atoms with Gasteiger partial charge in [-0.15, -0.1) is 0 Å². The van der Waals surface area contributed by atoms with Crippen LogP contribution in [-0.2, 0) is 0 Å². The maximum Gasteiger partial charge on any atom is 0.292 e. The fourth-order valence-corrected chi connectivity index (χ4v) is 2.39. The van der Waals surface area contributed by atoms with Gasteiger partial charge in [-0.1, -0.05) is 5.16 Å². The van der Waals surface area contributed by atoms with Gasteiger partial charge >= 0.3 is 0 Å². The summed E-state index contributed by atoms with van der Waals surface area (Å²) in [6.07, 6.45) is 6.04. The highest BCUT2D eigenvalue weighted by Gasteiger charge is 2.28. The van der Waals surface area contributed by atoms with Gasteiger partial charge in [-0.25, -0.2) is 9.97 Å². The number of rotatable bonds is 4. The Morgan fingerprint density at radius 1 is 1.32 bits per heavy atom. The lowest BCUT2D eigenvalue weighted by Gasteiger charge is -2.32. The average Bonchev–Trinajstić information content (AvgIpc) is 3.09. The van der Waals surface area contributed by atoms with Gasteiger partial charge in [0.05, 0.1) is 19.9 Å². The molecule has 1 atom stereocenters. The van der Waals surface area contributed by atoms with Crippen molar-refractivity contribution in [2.45, 2.75) is 18.9 Å². The number of nitrogens with zero attached hydrogens (tertiary/aromatic N) is 4.